The maximum absolute atomic E-state index is 5.65. The van der Waals surface area contributed by atoms with Gasteiger partial charge in [-0.05, 0) is 25.8 Å². The Morgan fingerprint density at radius 1 is 1.08 bits per heavy atom. The van der Waals surface area contributed by atoms with Crippen molar-refractivity contribution in [3.05, 3.63) is 0 Å². The van der Waals surface area contributed by atoms with E-state index in [-0.39, 0.29) is 12.1 Å². The van der Waals surface area contributed by atoms with Crippen molar-refractivity contribution >= 4 is 0 Å². The van der Waals surface area contributed by atoms with Crippen molar-refractivity contribution in [3.63, 3.8) is 0 Å². The molecule has 3 nitrogen and oxygen atoms in total. The fourth-order valence-corrected chi connectivity index (χ4v) is 1.19. The van der Waals surface area contributed by atoms with Crippen LogP contribution >= 0.6 is 0 Å². The molecule has 0 bridgehead atoms. The lowest BCUT2D eigenvalue weighted by molar-refractivity contribution is 0.385. The minimum Gasteiger partial charge on any atom is -0.330 e. The average molecular weight is 173 g/mol. The van der Waals surface area contributed by atoms with Crippen LogP contribution in [0.25, 0.3) is 0 Å². The predicted molar refractivity (Wildman–Crippen MR) is 53.8 cm³/mol. The maximum atomic E-state index is 5.65. The first-order valence-corrected chi connectivity index (χ1v) is 4.93. The highest BCUT2D eigenvalue weighted by atomic mass is 14.8. The molecule has 6 N–H and O–H groups in total. The molecule has 1 aliphatic carbocycles. The quantitative estimate of drug-likeness (QED) is 0.542. The topological polar surface area (TPSA) is 78.1 Å². The normalized spacial score (nSPS) is 29.0. The van der Waals surface area contributed by atoms with E-state index in [1.165, 1.54) is 12.8 Å². The summed E-state index contributed by atoms with van der Waals surface area (Å²) in [5, 5.41) is 0. The molecule has 1 rings (SSSR count). The Morgan fingerprint density at radius 2 is 1.42 bits per heavy atom. The van der Waals surface area contributed by atoms with Gasteiger partial charge in [0.1, 0.15) is 0 Å². The minimum absolute atomic E-state index is 0.281. The van der Waals surface area contributed by atoms with E-state index in [1.54, 1.807) is 0 Å². The zero-order chi connectivity index (χ0) is 9.40. The highest BCUT2D eigenvalue weighted by Gasteiger charge is 2.16. The van der Waals surface area contributed by atoms with Gasteiger partial charge in [0.2, 0.25) is 0 Å². The van der Waals surface area contributed by atoms with Crippen LogP contribution in [0.15, 0.2) is 0 Å². The van der Waals surface area contributed by atoms with Gasteiger partial charge in [0.05, 0.1) is 0 Å². The molecule has 0 aromatic rings. The van der Waals surface area contributed by atoms with Crippen molar-refractivity contribution < 1.29 is 0 Å². The fraction of sp³-hybridized carbons (Fsp3) is 1.00. The molecule has 2 atom stereocenters. The number of hydrogen-bond donors (Lipinski definition) is 3. The van der Waals surface area contributed by atoms with Crippen LogP contribution in [-0.2, 0) is 0 Å². The van der Waals surface area contributed by atoms with Gasteiger partial charge in [-0.15, -0.1) is 0 Å². The molecular formula is C9H23N3. The van der Waals surface area contributed by atoms with Crippen LogP contribution in [0.4, 0.5) is 0 Å². The van der Waals surface area contributed by atoms with Gasteiger partial charge in [-0.2, -0.15) is 0 Å². The van der Waals surface area contributed by atoms with E-state index >= 15 is 0 Å². The molecule has 0 aromatic carbocycles. The van der Waals surface area contributed by atoms with Crippen LogP contribution in [-0.4, -0.2) is 18.6 Å². The van der Waals surface area contributed by atoms with Crippen molar-refractivity contribution in [1.82, 2.24) is 0 Å². The lowest BCUT2D eigenvalue weighted by atomic mass is 9.92. The molecule has 12 heavy (non-hydrogen) atoms. The first-order chi connectivity index (χ1) is 5.72. The van der Waals surface area contributed by atoms with Crippen molar-refractivity contribution in [2.45, 2.75) is 51.1 Å². The van der Waals surface area contributed by atoms with Gasteiger partial charge in [0, 0.05) is 12.1 Å². The van der Waals surface area contributed by atoms with Gasteiger partial charge in [0.15, 0.2) is 0 Å². The highest BCUT2D eigenvalue weighted by molar-refractivity contribution is 4.79. The molecule has 3 heteroatoms. The summed E-state index contributed by atoms with van der Waals surface area (Å²) in [5.41, 5.74) is 16.3. The third kappa shape index (κ3) is 5.52. The molecule has 0 heterocycles. The zero-order valence-electron chi connectivity index (χ0n) is 8.13. The van der Waals surface area contributed by atoms with Crippen molar-refractivity contribution in [1.29, 1.82) is 0 Å². The van der Waals surface area contributed by atoms with Crippen LogP contribution in [0, 0.1) is 0 Å². The molecule has 1 fully saturated rings. The van der Waals surface area contributed by atoms with E-state index in [2.05, 4.69) is 6.92 Å². The standard InChI is InChI=1S/C6H14N2.C3H9N/c7-5-3-1-2-4-6(5)8;1-2-3-4/h5-6H,1-4,7-8H2;2-4H2,1H3. The summed E-state index contributed by atoms with van der Waals surface area (Å²) in [5.74, 6) is 0. The number of hydrogen-bond acceptors (Lipinski definition) is 3. The third-order valence-corrected chi connectivity index (χ3v) is 2.16. The Labute approximate surface area is 75.7 Å². The third-order valence-electron chi connectivity index (χ3n) is 2.16. The van der Waals surface area contributed by atoms with Gasteiger partial charge in [-0.1, -0.05) is 19.8 Å². The van der Waals surface area contributed by atoms with E-state index < -0.39 is 0 Å². The van der Waals surface area contributed by atoms with Crippen LogP contribution < -0.4 is 17.2 Å². The van der Waals surface area contributed by atoms with E-state index in [0.29, 0.717) is 0 Å². The molecule has 0 radical (unpaired) electrons. The summed E-state index contributed by atoms with van der Waals surface area (Å²) < 4.78 is 0. The second-order valence-electron chi connectivity index (χ2n) is 3.40. The Morgan fingerprint density at radius 3 is 1.58 bits per heavy atom. The second kappa shape index (κ2) is 7.53. The molecule has 0 amide bonds. The monoisotopic (exact) mass is 173 g/mol. The highest BCUT2D eigenvalue weighted by Crippen LogP contribution is 2.14. The van der Waals surface area contributed by atoms with Crippen molar-refractivity contribution in [3.8, 4) is 0 Å². The lowest BCUT2D eigenvalue weighted by Gasteiger charge is -2.24. The fourth-order valence-electron chi connectivity index (χ4n) is 1.19. The summed E-state index contributed by atoms with van der Waals surface area (Å²) >= 11 is 0. The maximum Gasteiger partial charge on any atom is 0.0192 e. The smallest absolute Gasteiger partial charge is 0.0192 e. The Kier molecular flexibility index (Phi) is 7.45. The van der Waals surface area contributed by atoms with Gasteiger partial charge in [-0.3, -0.25) is 0 Å². The van der Waals surface area contributed by atoms with E-state index in [0.717, 1.165) is 25.8 Å². The van der Waals surface area contributed by atoms with E-state index in [9.17, 15) is 0 Å². The second-order valence-corrected chi connectivity index (χ2v) is 3.40. The Hall–Kier alpha value is -0.120. The molecular weight excluding hydrogens is 150 g/mol. The van der Waals surface area contributed by atoms with Crippen LogP contribution in [0.2, 0.25) is 0 Å². The number of nitrogens with two attached hydrogens (primary N) is 3. The first-order valence-electron chi connectivity index (χ1n) is 4.93. The molecule has 0 aromatic heterocycles. The summed E-state index contributed by atoms with van der Waals surface area (Å²) in [6.07, 6.45) is 5.89. The minimum atomic E-state index is 0.281. The zero-order valence-corrected chi connectivity index (χ0v) is 8.13. The molecule has 1 saturated carbocycles. The summed E-state index contributed by atoms with van der Waals surface area (Å²) in [4.78, 5) is 0. The largest absolute Gasteiger partial charge is 0.330 e. The van der Waals surface area contributed by atoms with Gasteiger partial charge < -0.3 is 17.2 Å². The predicted octanol–water partition coefficient (Wildman–Crippen LogP) is 0.570. The van der Waals surface area contributed by atoms with Gasteiger partial charge >= 0.3 is 0 Å². The summed E-state index contributed by atoms with van der Waals surface area (Å²) in [7, 11) is 0. The number of rotatable bonds is 1. The van der Waals surface area contributed by atoms with Crippen LogP contribution in [0.1, 0.15) is 39.0 Å². The first kappa shape index (κ1) is 11.9. The van der Waals surface area contributed by atoms with Crippen molar-refractivity contribution in [2.24, 2.45) is 17.2 Å². The molecule has 2 unspecified atom stereocenters. The van der Waals surface area contributed by atoms with Gasteiger partial charge in [0.25, 0.3) is 0 Å². The van der Waals surface area contributed by atoms with Crippen LogP contribution in [0.3, 0.4) is 0 Å². The molecule has 1 aliphatic rings. The van der Waals surface area contributed by atoms with Crippen molar-refractivity contribution in [2.75, 3.05) is 6.54 Å². The van der Waals surface area contributed by atoms with Gasteiger partial charge in [-0.25, -0.2) is 0 Å². The Balaban J connectivity index is 0.000000261. The van der Waals surface area contributed by atoms with E-state index in [1.807, 2.05) is 0 Å². The molecule has 74 valence electrons. The SMILES string of the molecule is CCCN.NC1CCCCC1N. The average Bonchev–Trinajstić information content (AvgIpc) is 2.11. The summed E-state index contributed by atoms with van der Waals surface area (Å²) in [6.45, 7) is 2.88. The molecule has 0 spiro atoms. The summed E-state index contributed by atoms with van der Waals surface area (Å²) in [6, 6.07) is 0.562. The van der Waals surface area contributed by atoms with E-state index in [4.69, 9.17) is 17.2 Å². The molecule has 0 saturated heterocycles. The Bertz CT molecular complexity index is 83.8. The molecule has 0 aliphatic heterocycles. The lowest BCUT2D eigenvalue weighted by Crippen LogP contribution is -2.43. The van der Waals surface area contributed by atoms with Crippen LogP contribution in [0.5, 0.6) is 0 Å².